The van der Waals surface area contributed by atoms with Gasteiger partial charge in [-0.3, -0.25) is 4.79 Å². The Morgan fingerprint density at radius 1 is 1.33 bits per heavy atom. The van der Waals surface area contributed by atoms with Gasteiger partial charge >= 0.3 is 0 Å². The van der Waals surface area contributed by atoms with Gasteiger partial charge in [0.05, 0.1) is 10.6 Å². The van der Waals surface area contributed by atoms with Gasteiger partial charge in [0, 0.05) is 18.3 Å². The highest BCUT2D eigenvalue weighted by atomic mass is 35.5. The lowest BCUT2D eigenvalue weighted by Crippen LogP contribution is -2.23. The maximum absolute atomic E-state index is 13.4. The predicted molar refractivity (Wildman–Crippen MR) is 74.6 cm³/mol. The predicted octanol–water partition coefficient (Wildman–Crippen LogP) is 2.23. The standard InChI is InChI=1S/C13H11ClF2N4O/c14-10-4-8(6-18-12(10)20-17)13(21)19-5-7-3-9(15)1-2-11(7)16/h1-4,6H,5,17H2,(H,18,20)(H,19,21). The van der Waals surface area contributed by atoms with Crippen LogP contribution in [0.15, 0.2) is 30.5 Å². The van der Waals surface area contributed by atoms with E-state index in [1.165, 1.54) is 12.3 Å². The van der Waals surface area contributed by atoms with Gasteiger partial charge in [-0.2, -0.15) is 0 Å². The number of carbonyl (C=O) groups excluding carboxylic acids is 1. The number of nitrogens with zero attached hydrogens (tertiary/aromatic N) is 1. The fraction of sp³-hybridized carbons (Fsp3) is 0.0769. The molecular weight excluding hydrogens is 302 g/mol. The van der Waals surface area contributed by atoms with Crippen LogP contribution in [0.3, 0.4) is 0 Å². The molecule has 0 atom stereocenters. The second-order valence-electron chi connectivity index (χ2n) is 4.12. The van der Waals surface area contributed by atoms with Crippen LogP contribution in [0.25, 0.3) is 0 Å². The minimum atomic E-state index is -0.601. The van der Waals surface area contributed by atoms with Gasteiger partial charge < -0.3 is 10.7 Å². The van der Waals surface area contributed by atoms with Crippen molar-refractivity contribution in [3.05, 3.63) is 58.2 Å². The summed E-state index contributed by atoms with van der Waals surface area (Å²) >= 11 is 5.84. The smallest absolute Gasteiger partial charge is 0.253 e. The van der Waals surface area contributed by atoms with E-state index in [4.69, 9.17) is 17.4 Å². The number of nitrogens with one attached hydrogen (secondary N) is 2. The summed E-state index contributed by atoms with van der Waals surface area (Å²) in [6.45, 7) is -0.156. The zero-order chi connectivity index (χ0) is 15.4. The molecule has 1 aromatic heterocycles. The number of nitrogen functional groups attached to an aromatic ring is 1. The van der Waals surface area contributed by atoms with Gasteiger partial charge in [0.2, 0.25) is 0 Å². The first-order valence-corrected chi connectivity index (χ1v) is 6.23. The Balaban J connectivity index is 2.08. The lowest BCUT2D eigenvalue weighted by atomic mass is 10.2. The SMILES string of the molecule is NNc1ncc(C(=O)NCc2cc(F)ccc2F)cc1Cl. The number of carbonyl (C=O) groups is 1. The second kappa shape index (κ2) is 6.47. The van der Waals surface area contributed by atoms with Gasteiger partial charge in [-0.05, 0) is 24.3 Å². The number of rotatable bonds is 4. The van der Waals surface area contributed by atoms with Crippen LogP contribution >= 0.6 is 11.6 Å². The molecule has 1 amide bonds. The average Bonchev–Trinajstić information content (AvgIpc) is 2.47. The molecule has 110 valence electrons. The molecule has 8 heteroatoms. The Bertz CT molecular complexity index is 681. The number of benzene rings is 1. The molecule has 0 saturated carbocycles. The van der Waals surface area contributed by atoms with Gasteiger partial charge in [-0.15, -0.1) is 0 Å². The molecule has 2 aromatic rings. The Kier molecular flexibility index (Phi) is 4.66. The zero-order valence-corrected chi connectivity index (χ0v) is 11.4. The van der Waals surface area contributed by atoms with E-state index in [1.807, 2.05) is 0 Å². The van der Waals surface area contributed by atoms with Crippen molar-refractivity contribution in [1.82, 2.24) is 10.3 Å². The summed E-state index contributed by atoms with van der Waals surface area (Å²) < 4.78 is 26.4. The quantitative estimate of drug-likeness (QED) is 0.597. The Morgan fingerprint density at radius 3 is 2.76 bits per heavy atom. The van der Waals surface area contributed by atoms with E-state index in [2.05, 4.69) is 15.7 Å². The number of anilines is 1. The molecule has 1 aromatic carbocycles. The van der Waals surface area contributed by atoms with Crippen LogP contribution in [0, 0.1) is 11.6 Å². The molecule has 0 bridgehead atoms. The second-order valence-corrected chi connectivity index (χ2v) is 4.52. The summed E-state index contributed by atoms with van der Waals surface area (Å²) in [7, 11) is 0. The minimum Gasteiger partial charge on any atom is -0.348 e. The van der Waals surface area contributed by atoms with Crippen molar-refractivity contribution in [2.75, 3.05) is 5.43 Å². The molecule has 0 spiro atoms. The van der Waals surface area contributed by atoms with Gasteiger partial charge in [-0.25, -0.2) is 19.6 Å². The number of halogens is 3. The number of aromatic nitrogens is 1. The molecule has 0 aliphatic heterocycles. The molecule has 4 N–H and O–H groups in total. The number of hydrogen-bond acceptors (Lipinski definition) is 4. The summed E-state index contributed by atoms with van der Waals surface area (Å²) in [5, 5.41) is 2.62. The van der Waals surface area contributed by atoms with Crippen LogP contribution in [0.5, 0.6) is 0 Å². The lowest BCUT2D eigenvalue weighted by molar-refractivity contribution is 0.0950. The monoisotopic (exact) mass is 312 g/mol. The minimum absolute atomic E-state index is 0.0441. The maximum atomic E-state index is 13.4. The van der Waals surface area contributed by atoms with E-state index in [-0.39, 0.29) is 28.5 Å². The molecule has 5 nitrogen and oxygen atoms in total. The van der Waals surface area contributed by atoms with Crippen molar-refractivity contribution in [3.8, 4) is 0 Å². The van der Waals surface area contributed by atoms with Gasteiger partial charge in [0.1, 0.15) is 11.6 Å². The maximum Gasteiger partial charge on any atom is 0.253 e. The van der Waals surface area contributed by atoms with Crippen LogP contribution in [0.4, 0.5) is 14.6 Å². The summed E-state index contributed by atoms with van der Waals surface area (Å²) in [6.07, 6.45) is 1.26. The topological polar surface area (TPSA) is 80.0 Å². The average molecular weight is 313 g/mol. The van der Waals surface area contributed by atoms with E-state index < -0.39 is 17.5 Å². The Labute approximate surface area is 124 Å². The van der Waals surface area contributed by atoms with Crippen molar-refractivity contribution >= 4 is 23.3 Å². The molecular formula is C13H11ClF2N4O. The van der Waals surface area contributed by atoms with Crippen molar-refractivity contribution in [2.45, 2.75) is 6.54 Å². The Morgan fingerprint density at radius 2 is 2.10 bits per heavy atom. The first-order valence-electron chi connectivity index (χ1n) is 5.85. The molecule has 1 heterocycles. The van der Waals surface area contributed by atoms with E-state index in [1.54, 1.807) is 0 Å². The van der Waals surface area contributed by atoms with Crippen LogP contribution in [0.2, 0.25) is 5.02 Å². The van der Waals surface area contributed by atoms with Crippen molar-refractivity contribution in [1.29, 1.82) is 0 Å². The summed E-state index contributed by atoms with van der Waals surface area (Å²) in [5.41, 5.74) is 2.49. The molecule has 0 fully saturated rings. The first-order chi connectivity index (χ1) is 10.0. The highest BCUT2D eigenvalue weighted by Gasteiger charge is 2.11. The largest absolute Gasteiger partial charge is 0.348 e. The molecule has 0 aliphatic rings. The van der Waals surface area contributed by atoms with E-state index in [0.717, 1.165) is 18.2 Å². The fourth-order valence-electron chi connectivity index (χ4n) is 1.62. The number of amides is 1. The van der Waals surface area contributed by atoms with Crippen LogP contribution in [-0.2, 0) is 6.54 Å². The zero-order valence-electron chi connectivity index (χ0n) is 10.7. The summed E-state index contributed by atoms with van der Waals surface area (Å²) in [5.74, 6) is 3.70. The third-order valence-electron chi connectivity index (χ3n) is 2.69. The molecule has 0 radical (unpaired) electrons. The third-order valence-corrected chi connectivity index (χ3v) is 2.98. The molecule has 0 aliphatic carbocycles. The molecule has 0 saturated heterocycles. The highest BCUT2D eigenvalue weighted by molar-refractivity contribution is 6.33. The van der Waals surface area contributed by atoms with Crippen LogP contribution in [-0.4, -0.2) is 10.9 Å². The number of pyridine rings is 1. The molecule has 21 heavy (non-hydrogen) atoms. The number of nitrogens with two attached hydrogens (primary N) is 1. The van der Waals surface area contributed by atoms with Crippen molar-refractivity contribution < 1.29 is 13.6 Å². The normalized spacial score (nSPS) is 10.3. The summed E-state index contributed by atoms with van der Waals surface area (Å²) in [4.78, 5) is 15.7. The highest BCUT2D eigenvalue weighted by Crippen LogP contribution is 2.19. The van der Waals surface area contributed by atoms with Gasteiger partial charge in [0.25, 0.3) is 5.91 Å². The van der Waals surface area contributed by atoms with Crippen molar-refractivity contribution in [2.24, 2.45) is 5.84 Å². The lowest BCUT2D eigenvalue weighted by Gasteiger charge is -2.08. The molecule has 0 unspecified atom stereocenters. The van der Waals surface area contributed by atoms with Crippen LogP contribution < -0.4 is 16.6 Å². The van der Waals surface area contributed by atoms with Gasteiger partial charge in [-0.1, -0.05) is 11.6 Å². The fourth-order valence-corrected chi connectivity index (χ4v) is 1.85. The van der Waals surface area contributed by atoms with Crippen molar-refractivity contribution in [3.63, 3.8) is 0 Å². The van der Waals surface area contributed by atoms with E-state index >= 15 is 0 Å². The van der Waals surface area contributed by atoms with E-state index in [9.17, 15) is 13.6 Å². The number of hydrazine groups is 1. The van der Waals surface area contributed by atoms with E-state index in [0.29, 0.717) is 0 Å². The Hall–Kier alpha value is -2.25. The summed E-state index contributed by atoms with van der Waals surface area (Å²) in [6, 6.07) is 4.38. The number of hydrogen-bond donors (Lipinski definition) is 3. The first kappa shape index (κ1) is 15.1. The molecule has 2 rings (SSSR count). The van der Waals surface area contributed by atoms with Gasteiger partial charge in [0.15, 0.2) is 5.82 Å². The van der Waals surface area contributed by atoms with Crippen LogP contribution in [0.1, 0.15) is 15.9 Å². The third kappa shape index (κ3) is 3.65.